The van der Waals surface area contributed by atoms with E-state index in [1.807, 2.05) is 0 Å². The second-order valence-corrected chi connectivity index (χ2v) is 3.78. The summed E-state index contributed by atoms with van der Waals surface area (Å²) in [5.74, 6) is 0.178. The van der Waals surface area contributed by atoms with Crippen LogP contribution < -0.4 is 10.1 Å². The van der Waals surface area contributed by atoms with Crippen molar-refractivity contribution in [3.8, 4) is 5.75 Å². The maximum atomic E-state index is 11.2. The summed E-state index contributed by atoms with van der Waals surface area (Å²) in [5, 5.41) is 11.9. The van der Waals surface area contributed by atoms with E-state index in [1.54, 1.807) is 31.2 Å². The number of aliphatic hydroxyl groups is 1. The molecule has 1 aromatic rings. The van der Waals surface area contributed by atoms with Gasteiger partial charge in [0.1, 0.15) is 5.75 Å². The number of amides is 1. The minimum atomic E-state index is -0.565. The zero-order chi connectivity index (χ0) is 12.0. The molecule has 1 rings (SSSR count). The minimum Gasteiger partial charge on any atom is -0.482 e. The van der Waals surface area contributed by atoms with E-state index >= 15 is 0 Å². The van der Waals surface area contributed by atoms with Crippen LogP contribution in [0.2, 0.25) is 5.02 Å². The third-order valence-electron chi connectivity index (χ3n) is 1.79. The molecule has 0 bridgehead atoms. The smallest absolute Gasteiger partial charge is 0.258 e. The van der Waals surface area contributed by atoms with Crippen molar-refractivity contribution in [1.29, 1.82) is 0 Å². The van der Waals surface area contributed by atoms with Crippen molar-refractivity contribution in [2.45, 2.75) is 13.0 Å². The Bertz CT molecular complexity index is 355. The van der Waals surface area contributed by atoms with E-state index < -0.39 is 6.10 Å². The largest absolute Gasteiger partial charge is 0.482 e. The van der Waals surface area contributed by atoms with Crippen molar-refractivity contribution in [3.05, 3.63) is 29.3 Å². The van der Waals surface area contributed by atoms with Gasteiger partial charge in [-0.2, -0.15) is 0 Å². The topological polar surface area (TPSA) is 58.6 Å². The van der Waals surface area contributed by atoms with Crippen molar-refractivity contribution in [2.75, 3.05) is 13.2 Å². The van der Waals surface area contributed by atoms with Crippen LogP contribution in [0.1, 0.15) is 6.92 Å². The Morgan fingerprint density at radius 1 is 1.56 bits per heavy atom. The predicted octanol–water partition coefficient (Wildman–Crippen LogP) is 1.22. The van der Waals surface area contributed by atoms with Crippen LogP contribution in [0.25, 0.3) is 0 Å². The second kappa shape index (κ2) is 6.35. The molecule has 0 fully saturated rings. The van der Waals surface area contributed by atoms with Crippen LogP contribution in [-0.2, 0) is 4.79 Å². The molecule has 0 aliphatic carbocycles. The van der Waals surface area contributed by atoms with Gasteiger partial charge in [0.2, 0.25) is 0 Å². The molecule has 1 atom stereocenters. The number of carbonyl (C=O) groups is 1. The molecule has 0 aromatic heterocycles. The highest BCUT2D eigenvalue weighted by atomic mass is 35.5. The molecule has 5 heteroatoms. The first-order valence-corrected chi connectivity index (χ1v) is 5.29. The predicted molar refractivity (Wildman–Crippen MR) is 61.6 cm³/mol. The molecule has 0 spiro atoms. The second-order valence-electron chi connectivity index (χ2n) is 3.37. The third-order valence-corrected chi connectivity index (χ3v) is 2.10. The Morgan fingerprint density at radius 3 is 2.88 bits per heavy atom. The molecule has 1 unspecified atom stereocenters. The number of halogens is 1. The zero-order valence-corrected chi connectivity index (χ0v) is 9.70. The van der Waals surface area contributed by atoms with Crippen molar-refractivity contribution < 1.29 is 14.6 Å². The molecule has 0 heterocycles. The number of aliphatic hydroxyl groups excluding tert-OH is 1. The molecule has 88 valence electrons. The highest BCUT2D eigenvalue weighted by molar-refractivity contribution is 6.32. The summed E-state index contributed by atoms with van der Waals surface area (Å²) in [7, 11) is 0. The molecule has 4 nitrogen and oxygen atoms in total. The fraction of sp³-hybridized carbons (Fsp3) is 0.364. The molecule has 16 heavy (non-hydrogen) atoms. The molecule has 2 N–H and O–H groups in total. The number of ether oxygens (including phenoxy) is 1. The Labute approximate surface area is 99.2 Å². The number of rotatable bonds is 5. The van der Waals surface area contributed by atoms with E-state index in [4.69, 9.17) is 21.4 Å². The first-order chi connectivity index (χ1) is 7.59. The number of carbonyl (C=O) groups excluding carboxylic acids is 1. The first-order valence-electron chi connectivity index (χ1n) is 4.91. The number of benzene rings is 1. The van der Waals surface area contributed by atoms with Gasteiger partial charge in [0.15, 0.2) is 6.61 Å². The lowest BCUT2D eigenvalue weighted by Crippen LogP contribution is -2.34. The van der Waals surface area contributed by atoms with Crippen molar-refractivity contribution in [3.63, 3.8) is 0 Å². The van der Waals surface area contributed by atoms with Gasteiger partial charge in [-0.25, -0.2) is 0 Å². The molecular weight excluding hydrogens is 230 g/mol. The molecule has 0 aliphatic rings. The summed E-state index contributed by atoms with van der Waals surface area (Å²) in [6.07, 6.45) is -0.565. The van der Waals surface area contributed by atoms with Crippen molar-refractivity contribution in [1.82, 2.24) is 5.32 Å². The Hall–Kier alpha value is -1.26. The summed E-state index contributed by atoms with van der Waals surface area (Å²) >= 11 is 5.84. The average molecular weight is 244 g/mol. The quantitative estimate of drug-likeness (QED) is 0.818. The number of hydrogen-bond acceptors (Lipinski definition) is 3. The molecular formula is C11H14ClNO3. The number of hydrogen-bond donors (Lipinski definition) is 2. The van der Waals surface area contributed by atoms with Gasteiger partial charge in [0.25, 0.3) is 5.91 Å². The number of nitrogens with one attached hydrogen (secondary N) is 1. The molecule has 0 saturated carbocycles. The molecule has 1 amide bonds. The van der Waals surface area contributed by atoms with Crippen LogP contribution in [0.4, 0.5) is 0 Å². The normalized spacial score (nSPS) is 11.9. The zero-order valence-electron chi connectivity index (χ0n) is 8.94. The van der Waals surface area contributed by atoms with E-state index in [1.165, 1.54) is 0 Å². The van der Waals surface area contributed by atoms with Crippen LogP contribution in [0.5, 0.6) is 5.75 Å². The van der Waals surface area contributed by atoms with Gasteiger partial charge in [-0.3, -0.25) is 4.79 Å². The Balaban J connectivity index is 2.35. The van der Waals surface area contributed by atoms with E-state index in [2.05, 4.69) is 5.32 Å². The average Bonchev–Trinajstić information content (AvgIpc) is 2.25. The summed E-state index contributed by atoms with van der Waals surface area (Å²) in [6.45, 7) is 1.69. The molecule has 0 radical (unpaired) electrons. The molecule has 0 aliphatic heterocycles. The fourth-order valence-corrected chi connectivity index (χ4v) is 1.21. The Kier molecular flexibility index (Phi) is 5.08. The lowest BCUT2D eigenvalue weighted by Gasteiger charge is -2.09. The standard InChI is InChI=1S/C11H14ClNO3/c1-8(14)6-13-11(15)7-16-10-5-3-2-4-9(10)12/h2-5,8,14H,6-7H2,1H3,(H,13,15). The lowest BCUT2D eigenvalue weighted by molar-refractivity contribution is -0.123. The molecule has 0 saturated heterocycles. The monoisotopic (exact) mass is 243 g/mol. The number of para-hydroxylation sites is 1. The van der Waals surface area contributed by atoms with Gasteiger partial charge >= 0.3 is 0 Å². The van der Waals surface area contributed by atoms with Gasteiger partial charge in [-0.05, 0) is 19.1 Å². The summed E-state index contributed by atoms with van der Waals surface area (Å²) < 4.78 is 5.21. The maximum Gasteiger partial charge on any atom is 0.258 e. The van der Waals surface area contributed by atoms with Crippen molar-refractivity contribution >= 4 is 17.5 Å². The van der Waals surface area contributed by atoms with E-state index in [-0.39, 0.29) is 19.1 Å². The van der Waals surface area contributed by atoms with E-state index in [0.29, 0.717) is 10.8 Å². The molecule has 1 aromatic carbocycles. The Morgan fingerprint density at radius 2 is 2.25 bits per heavy atom. The lowest BCUT2D eigenvalue weighted by atomic mass is 10.3. The van der Waals surface area contributed by atoms with Crippen molar-refractivity contribution in [2.24, 2.45) is 0 Å². The SMILES string of the molecule is CC(O)CNC(=O)COc1ccccc1Cl. The fourth-order valence-electron chi connectivity index (χ4n) is 1.02. The van der Waals surface area contributed by atoms with E-state index in [0.717, 1.165) is 0 Å². The van der Waals surface area contributed by atoms with Gasteiger partial charge in [0, 0.05) is 6.54 Å². The maximum absolute atomic E-state index is 11.2. The van der Waals surface area contributed by atoms with Crippen LogP contribution in [0.15, 0.2) is 24.3 Å². The summed E-state index contributed by atoms with van der Waals surface area (Å²) in [5.41, 5.74) is 0. The van der Waals surface area contributed by atoms with Gasteiger partial charge in [-0.1, -0.05) is 23.7 Å². The highest BCUT2D eigenvalue weighted by Gasteiger charge is 2.05. The van der Waals surface area contributed by atoms with E-state index in [9.17, 15) is 4.79 Å². The highest BCUT2D eigenvalue weighted by Crippen LogP contribution is 2.22. The minimum absolute atomic E-state index is 0.115. The van der Waals surface area contributed by atoms with Gasteiger partial charge in [-0.15, -0.1) is 0 Å². The summed E-state index contributed by atoms with van der Waals surface area (Å²) in [4.78, 5) is 11.2. The third kappa shape index (κ3) is 4.51. The summed E-state index contributed by atoms with van der Waals surface area (Å²) in [6, 6.07) is 6.92. The van der Waals surface area contributed by atoms with Gasteiger partial charge < -0.3 is 15.2 Å². The van der Waals surface area contributed by atoms with Crippen LogP contribution in [-0.4, -0.2) is 30.3 Å². The van der Waals surface area contributed by atoms with Crippen LogP contribution in [0, 0.1) is 0 Å². The van der Waals surface area contributed by atoms with Crippen LogP contribution in [0.3, 0.4) is 0 Å². The van der Waals surface area contributed by atoms with Crippen LogP contribution >= 0.6 is 11.6 Å². The first kappa shape index (κ1) is 12.8. The van der Waals surface area contributed by atoms with Gasteiger partial charge in [0.05, 0.1) is 11.1 Å².